The maximum Gasteiger partial charge on any atom is 0.279 e. The van der Waals surface area contributed by atoms with E-state index in [2.05, 4.69) is 9.98 Å². The molecular formula is C20H23N3O3. The SMILES string of the molecule is CCOc1ccc(C(=O)N=C(N)C2=CCCc3[nH]ccc32)cc1OCC. The molecule has 3 rings (SSSR count). The number of rotatable bonds is 6. The molecule has 0 aliphatic heterocycles. The van der Waals surface area contributed by atoms with Gasteiger partial charge in [-0.05, 0) is 51.0 Å². The van der Waals surface area contributed by atoms with Gasteiger partial charge >= 0.3 is 0 Å². The molecule has 0 bridgehead atoms. The summed E-state index contributed by atoms with van der Waals surface area (Å²) in [4.78, 5) is 19.9. The van der Waals surface area contributed by atoms with Gasteiger partial charge in [0.25, 0.3) is 5.91 Å². The van der Waals surface area contributed by atoms with Crippen molar-refractivity contribution in [3.8, 4) is 11.5 Å². The van der Waals surface area contributed by atoms with Gasteiger partial charge in [-0.1, -0.05) is 6.08 Å². The number of benzene rings is 1. The van der Waals surface area contributed by atoms with Crippen LogP contribution in [0.15, 0.2) is 41.5 Å². The van der Waals surface area contributed by atoms with Crippen LogP contribution in [0.2, 0.25) is 0 Å². The van der Waals surface area contributed by atoms with E-state index in [0.29, 0.717) is 30.3 Å². The van der Waals surface area contributed by atoms with Gasteiger partial charge in [0, 0.05) is 28.6 Å². The molecule has 136 valence electrons. The molecule has 1 amide bonds. The minimum Gasteiger partial charge on any atom is -0.490 e. The molecule has 1 aliphatic rings. The number of H-pyrrole nitrogens is 1. The Labute approximate surface area is 152 Å². The molecule has 0 saturated heterocycles. The van der Waals surface area contributed by atoms with Crippen molar-refractivity contribution < 1.29 is 14.3 Å². The number of nitrogens with two attached hydrogens (primary N) is 1. The largest absolute Gasteiger partial charge is 0.490 e. The molecule has 2 aromatic rings. The first kappa shape index (κ1) is 17.8. The lowest BCUT2D eigenvalue weighted by Crippen LogP contribution is -2.18. The van der Waals surface area contributed by atoms with E-state index in [1.54, 1.807) is 18.2 Å². The van der Waals surface area contributed by atoms with Gasteiger partial charge in [-0.15, -0.1) is 0 Å². The van der Waals surface area contributed by atoms with E-state index in [9.17, 15) is 4.79 Å². The van der Waals surface area contributed by atoms with Crippen molar-refractivity contribution in [3.63, 3.8) is 0 Å². The quantitative estimate of drug-likeness (QED) is 0.616. The van der Waals surface area contributed by atoms with Crippen molar-refractivity contribution in [2.75, 3.05) is 13.2 Å². The number of carbonyl (C=O) groups is 1. The van der Waals surface area contributed by atoms with Gasteiger partial charge in [0.1, 0.15) is 5.84 Å². The van der Waals surface area contributed by atoms with Gasteiger partial charge in [-0.25, -0.2) is 0 Å². The molecule has 6 nitrogen and oxygen atoms in total. The fourth-order valence-corrected chi connectivity index (χ4v) is 2.99. The number of aromatic nitrogens is 1. The predicted molar refractivity (Wildman–Crippen MR) is 102 cm³/mol. The van der Waals surface area contributed by atoms with Crippen LogP contribution in [0.3, 0.4) is 0 Å². The van der Waals surface area contributed by atoms with Crippen LogP contribution in [-0.4, -0.2) is 29.9 Å². The Morgan fingerprint density at radius 3 is 2.73 bits per heavy atom. The van der Waals surface area contributed by atoms with E-state index >= 15 is 0 Å². The molecule has 1 aromatic carbocycles. The number of hydrogen-bond donors (Lipinski definition) is 2. The van der Waals surface area contributed by atoms with Crippen LogP contribution in [0.1, 0.15) is 41.9 Å². The van der Waals surface area contributed by atoms with Crippen LogP contribution in [0, 0.1) is 0 Å². The van der Waals surface area contributed by atoms with Crippen molar-refractivity contribution in [2.45, 2.75) is 26.7 Å². The monoisotopic (exact) mass is 353 g/mol. The van der Waals surface area contributed by atoms with Crippen molar-refractivity contribution in [2.24, 2.45) is 10.7 Å². The molecule has 26 heavy (non-hydrogen) atoms. The van der Waals surface area contributed by atoms with Crippen molar-refractivity contribution >= 4 is 17.3 Å². The summed E-state index contributed by atoms with van der Waals surface area (Å²) >= 11 is 0. The first-order chi connectivity index (χ1) is 12.6. The number of allylic oxidation sites excluding steroid dienone is 1. The highest BCUT2D eigenvalue weighted by Crippen LogP contribution is 2.29. The van der Waals surface area contributed by atoms with E-state index in [-0.39, 0.29) is 5.84 Å². The number of carbonyl (C=O) groups excluding carboxylic acids is 1. The van der Waals surface area contributed by atoms with Crippen LogP contribution in [0.25, 0.3) is 5.57 Å². The van der Waals surface area contributed by atoms with Crippen LogP contribution in [-0.2, 0) is 6.42 Å². The molecular weight excluding hydrogens is 330 g/mol. The molecule has 1 aromatic heterocycles. The normalized spacial score (nSPS) is 13.8. The second-order valence-corrected chi connectivity index (χ2v) is 5.86. The fraction of sp³-hybridized carbons (Fsp3) is 0.300. The Balaban J connectivity index is 1.86. The topological polar surface area (TPSA) is 89.7 Å². The lowest BCUT2D eigenvalue weighted by Gasteiger charge is -2.14. The molecule has 0 unspecified atom stereocenters. The lowest BCUT2D eigenvalue weighted by molar-refractivity contribution is 0.100. The third-order valence-corrected chi connectivity index (χ3v) is 4.15. The minimum absolute atomic E-state index is 0.224. The second kappa shape index (κ2) is 7.91. The molecule has 6 heteroatoms. The van der Waals surface area contributed by atoms with E-state index in [1.165, 1.54) is 0 Å². The van der Waals surface area contributed by atoms with Crippen LogP contribution in [0.5, 0.6) is 11.5 Å². The molecule has 0 saturated carbocycles. The number of fused-ring (bicyclic) bond motifs is 1. The van der Waals surface area contributed by atoms with E-state index in [4.69, 9.17) is 15.2 Å². The number of amides is 1. The van der Waals surface area contributed by atoms with Crippen LogP contribution < -0.4 is 15.2 Å². The van der Waals surface area contributed by atoms with E-state index in [1.807, 2.05) is 32.2 Å². The fourth-order valence-electron chi connectivity index (χ4n) is 2.99. The minimum atomic E-state index is -0.407. The Morgan fingerprint density at radius 2 is 1.96 bits per heavy atom. The summed E-state index contributed by atoms with van der Waals surface area (Å²) in [7, 11) is 0. The highest BCUT2D eigenvalue weighted by atomic mass is 16.5. The predicted octanol–water partition coefficient (Wildman–Crippen LogP) is 3.34. The maximum atomic E-state index is 12.6. The van der Waals surface area contributed by atoms with Gasteiger partial charge in [0.2, 0.25) is 0 Å². The summed E-state index contributed by atoms with van der Waals surface area (Å²) in [6.07, 6.45) is 5.69. The number of nitrogens with one attached hydrogen (secondary N) is 1. The molecule has 1 aliphatic carbocycles. The number of amidine groups is 1. The summed E-state index contributed by atoms with van der Waals surface area (Å²) in [5.41, 5.74) is 9.46. The number of hydrogen-bond acceptors (Lipinski definition) is 3. The molecule has 1 heterocycles. The average molecular weight is 353 g/mol. The first-order valence-corrected chi connectivity index (χ1v) is 8.79. The zero-order chi connectivity index (χ0) is 18.5. The smallest absolute Gasteiger partial charge is 0.279 e. The van der Waals surface area contributed by atoms with Gasteiger partial charge in [0.15, 0.2) is 11.5 Å². The first-order valence-electron chi connectivity index (χ1n) is 8.79. The molecule has 0 radical (unpaired) electrons. The summed E-state index contributed by atoms with van der Waals surface area (Å²) < 4.78 is 11.1. The van der Waals surface area contributed by atoms with E-state index < -0.39 is 5.91 Å². The Kier molecular flexibility index (Phi) is 5.41. The number of ether oxygens (including phenoxy) is 2. The highest BCUT2D eigenvalue weighted by molar-refractivity contribution is 6.25. The van der Waals surface area contributed by atoms with Gasteiger partial charge in [-0.2, -0.15) is 4.99 Å². The highest BCUT2D eigenvalue weighted by Gasteiger charge is 2.18. The second-order valence-electron chi connectivity index (χ2n) is 5.86. The number of aliphatic imine (C=N–C) groups is 1. The van der Waals surface area contributed by atoms with Gasteiger partial charge < -0.3 is 20.2 Å². The van der Waals surface area contributed by atoms with Gasteiger partial charge in [-0.3, -0.25) is 4.79 Å². The number of nitrogens with zero attached hydrogens (tertiary/aromatic N) is 1. The average Bonchev–Trinajstić information content (AvgIpc) is 3.12. The standard InChI is InChI=1S/C20H23N3O3/c1-3-25-17-9-8-13(12-18(17)26-4-2)20(24)23-19(21)15-6-5-7-16-14(15)10-11-22-16/h6,8-12,22H,3-5,7H2,1-2H3,(H2,21,23,24). The zero-order valence-corrected chi connectivity index (χ0v) is 15.0. The van der Waals surface area contributed by atoms with Crippen molar-refractivity contribution in [1.29, 1.82) is 0 Å². The summed E-state index contributed by atoms with van der Waals surface area (Å²) in [6, 6.07) is 6.99. The maximum absolute atomic E-state index is 12.6. The molecule has 3 N–H and O–H groups in total. The van der Waals surface area contributed by atoms with Gasteiger partial charge in [0.05, 0.1) is 13.2 Å². The van der Waals surface area contributed by atoms with Crippen LogP contribution in [0.4, 0.5) is 0 Å². The Morgan fingerprint density at radius 1 is 1.19 bits per heavy atom. The van der Waals surface area contributed by atoms with Crippen LogP contribution >= 0.6 is 0 Å². The molecule has 0 fully saturated rings. The Bertz CT molecular complexity index is 865. The van der Waals surface area contributed by atoms with E-state index in [0.717, 1.165) is 29.7 Å². The zero-order valence-electron chi connectivity index (χ0n) is 15.0. The summed E-state index contributed by atoms with van der Waals surface area (Å²) in [5, 5.41) is 0. The number of aromatic amines is 1. The lowest BCUT2D eigenvalue weighted by atomic mass is 9.96. The number of aryl methyl sites for hydroxylation is 1. The third-order valence-electron chi connectivity index (χ3n) is 4.15. The molecule has 0 spiro atoms. The summed E-state index contributed by atoms with van der Waals surface area (Å²) in [5.74, 6) is 0.950. The Hall–Kier alpha value is -3.02. The van der Waals surface area contributed by atoms with Crippen molar-refractivity contribution in [1.82, 2.24) is 4.98 Å². The van der Waals surface area contributed by atoms with Crippen molar-refractivity contribution in [3.05, 3.63) is 53.4 Å². The summed E-state index contributed by atoms with van der Waals surface area (Å²) in [6.45, 7) is 4.77. The third kappa shape index (κ3) is 3.64. The molecule has 0 atom stereocenters.